The maximum Gasteiger partial charge on any atom is 0.337 e. The number of amides is 3. The molecule has 10 heteroatoms. The Hall–Kier alpha value is -1.97. The summed E-state index contributed by atoms with van der Waals surface area (Å²) in [7, 11) is 0. The lowest BCUT2D eigenvalue weighted by Gasteiger charge is -2.15. The zero-order chi connectivity index (χ0) is 15.0. The van der Waals surface area contributed by atoms with Crippen LogP contribution < -0.4 is 21.1 Å². The van der Waals surface area contributed by atoms with E-state index in [2.05, 4.69) is 25.8 Å². The summed E-state index contributed by atoms with van der Waals surface area (Å²) in [5, 5.41) is 11.2. The predicted molar refractivity (Wildman–Crippen MR) is 75.7 cm³/mol. The Kier molecular flexibility index (Phi) is 6.64. The molecule has 0 fully saturated rings. The number of urea groups is 1. The van der Waals surface area contributed by atoms with Gasteiger partial charge in [0.2, 0.25) is 11.9 Å². The molecule has 0 spiro atoms. The van der Waals surface area contributed by atoms with Crippen molar-refractivity contribution in [1.82, 2.24) is 20.5 Å². The molecular formula is C10H18N6O3S. The maximum absolute atomic E-state index is 12.0. The maximum atomic E-state index is 12.0. The zero-order valence-electron chi connectivity index (χ0n) is 11.3. The van der Waals surface area contributed by atoms with Gasteiger partial charge in [-0.05, 0) is 25.4 Å². The Bertz CT molecular complexity index is 452. The number of aromatic amines is 1. The molecule has 0 aliphatic heterocycles. The number of anilines is 1. The van der Waals surface area contributed by atoms with Gasteiger partial charge in [0.1, 0.15) is 6.04 Å². The van der Waals surface area contributed by atoms with E-state index in [0.717, 1.165) is 0 Å². The molecule has 1 unspecified atom stereocenters. The number of carbonyl (C=O) groups excluding carboxylic acids is 2. The van der Waals surface area contributed by atoms with Crippen molar-refractivity contribution in [1.29, 1.82) is 0 Å². The fourth-order valence-electron chi connectivity index (χ4n) is 1.38. The summed E-state index contributed by atoms with van der Waals surface area (Å²) in [6.07, 6.45) is 2.37. The van der Waals surface area contributed by atoms with Crippen molar-refractivity contribution in [2.24, 2.45) is 5.73 Å². The van der Waals surface area contributed by atoms with E-state index in [9.17, 15) is 9.59 Å². The number of hydrogen-bond donors (Lipinski definition) is 4. The number of nitrogens with zero attached hydrogens (tertiary/aromatic N) is 2. The molecule has 1 rings (SSSR count). The fraction of sp³-hybridized carbons (Fsp3) is 0.600. The first kappa shape index (κ1) is 16.1. The molecule has 1 atom stereocenters. The summed E-state index contributed by atoms with van der Waals surface area (Å²) < 4.78 is 5.06. The molecule has 9 nitrogen and oxygen atoms in total. The number of aromatic nitrogens is 3. The van der Waals surface area contributed by atoms with Gasteiger partial charge in [-0.3, -0.25) is 10.1 Å². The molecule has 3 amide bonds. The zero-order valence-corrected chi connectivity index (χ0v) is 12.1. The van der Waals surface area contributed by atoms with Crippen LogP contribution in [0.2, 0.25) is 0 Å². The van der Waals surface area contributed by atoms with Gasteiger partial charge < -0.3 is 15.8 Å². The van der Waals surface area contributed by atoms with Gasteiger partial charge in [0.15, 0.2) is 0 Å². The van der Waals surface area contributed by atoms with Crippen LogP contribution in [0.4, 0.5) is 10.7 Å². The molecule has 5 N–H and O–H groups in total. The predicted octanol–water partition coefficient (Wildman–Crippen LogP) is -0.0681. The highest BCUT2D eigenvalue weighted by Gasteiger charge is 2.20. The minimum absolute atomic E-state index is 0.145. The van der Waals surface area contributed by atoms with Crippen LogP contribution in [-0.2, 0) is 4.79 Å². The van der Waals surface area contributed by atoms with E-state index < -0.39 is 18.0 Å². The van der Waals surface area contributed by atoms with E-state index in [1.807, 2.05) is 6.26 Å². The van der Waals surface area contributed by atoms with Gasteiger partial charge in [0.05, 0.1) is 6.61 Å². The van der Waals surface area contributed by atoms with E-state index in [4.69, 9.17) is 10.5 Å². The molecule has 0 radical (unpaired) electrons. The molecule has 0 saturated heterocycles. The summed E-state index contributed by atoms with van der Waals surface area (Å²) in [5.41, 5.74) is 5.05. The molecule has 0 bridgehead atoms. The van der Waals surface area contributed by atoms with E-state index in [1.165, 1.54) is 0 Å². The Labute approximate surface area is 120 Å². The van der Waals surface area contributed by atoms with Crippen LogP contribution in [0.5, 0.6) is 6.01 Å². The van der Waals surface area contributed by atoms with Crippen molar-refractivity contribution < 1.29 is 14.3 Å². The monoisotopic (exact) mass is 302 g/mol. The molecule has 0 aromatic carbocycles. The number of thioether (sulfide) groups is 1. The molecule has 1 aromatic rings. The second-order valence-electron chi connectivity index (χ2n) is 3.73. The van der Waals surface area contributed by atoms with Crippen LogP contribution >= 0.6 is 11.8 Å². The second-order valence-corrected chi connectivity index (χ2v) is 4.72. The van der Waals surface area contributed by atoms with Crippen molar-refractivity contribution in [3.05, 3.63) is 0 Å². The van der Waals surface area contributed by atoms with Gasteiger partial charge in [-0.25, -0.2) is 9.89 Å². The van der Waals surface area contributed by atoms with Gasteiger partial charge >= 0.3 is 12.0 Å². The first-order valence-electron chi connectivity index (χ1n) is 5.97. The third-order valence-corrected chi connectivity index (χ3v) is 2.87. The highest BCUT2D eigenvalue weighted by Crippen LogP contribution is 2.07. The van der Waals surface area contributed by atoms with Gasteiger partial charge in [-0.1, -0.05) is 0 Å². The van der Waals surface area contributed by atoms with Crippen molar-refractivity contribution in [3.8, 4) is 6.01 Å². The molecule has 0 saturated carbocycles. The van der Waals surface area contributed by atoms with Crippen LogP contribution in [0.15, 0.2) is 0 Å². The van der Waals surface area contributed by atoms with E-state index in [0.29, 0.717) is 18.8 Å². The number of carbonyl (C=O) groups is 2. The summed E-state index contributed by atoms with van der Waals surface area (Å²) in [6.45, 7) is 2.22. The minimum Gasteiger partial charge on any atom is -0.463 e. The molecule has 1 aromatic heterocycles. The Morgan fingerprint density at radius 3 is 2.90 bits per heavy atom. The second kappa shape index (κ2) is 8.25. The van der Waals surface area contributed by atoms with E-state index >= 15 is 0 Å². The van der Waals surface area contributed by atoms with Crippen molar-refractivity contribution in [3.63, 3.8) is 0 Å². The Balaban J connectivity index is 2.60. The summed E-state index contributed by atoms with van der Waals surface area (Å²) in [4.78, 5) is 26.8. The van der Waals surface area contributed by atoms with E-state index in [1.54, 1.807) is 18.7 Å². The van der Waals surface area contributed by atoms with Crippen molar-refractivity contribution >= 4 is 29.6 Å². The Morgan fingerprint density at radius 1 is 1.55 bits per heavy atom. The van der Waals surface area contributed by atoms with Crippen LogP contribution in [-0.4, -0.2) is 51.8 Å². The number of nitrogens with one attached hydrogen (secondary N) is 3. The SMILES string of the molecule is CCOc1n[nH]c(NC(=O)C(CCSC)NC(N)=O)n1. The number of primary amides is 1. The highest BCUT2D eigenvalue weighted by molar-refractivity contribution is 7.98. The number of nitrogens with two attached hydrogens (primary N) is 1. The van der Waals surface area contributed by atoms with Crippen LogP contribution in [0.3, 0.4) is 0 Å². The molecular weight excluding hydrogens is 284 g/mol. The number of ether oxygens (including phenoxy) is 1. The van der Waals surface area contributed by atoms with Gasteiger partial charge in [0.25, 0.3) is 0 Å². The number of H-pyrrole nitrogens is 1. The third-order valence-electron chi connectivity index (χ3n) is 2.22. The Morgan fingerprint density at radius 2 is 2.30 bits per heavy atom. The lowest BCUT2D eigenvalue weighted by molar-refractivity contribution is -0.118. The van der Waals surface area contributed by atoms with Crippen LogP contribution in [0, 0.1) is 0 Å². The van der Waals surface area contributed by atoms with Crippen molar-refractivity contribution in [2.75, 3.05) is 23.9 Å². The first-order chi connectivity index (χ1) is 9.56. The summed E-state index contributed by atoms with van der Waals surface area (Å²) in [6, 6.07) is -1.33. The van der Waals surface area contributed by atoms with E-state index in [-0.39, 0.29) is 12.0 Å². The first-order valence-corrected chi connectivity index (χ1v) is 7.37. The number of rotatable bonds is 8. The lowest BCUT2D eigenvalue weighted by Crippen LogP contribution is -2.46. The molecule has 20 heavy (non-hydrogen) atoms. The van der Waals surface area contributed by atoms with Gasteiger partial charge in [-0.2, -0.15) is 16.7 Å². The largest absolute Gasteiger partial charge is 0.463 e. The fourth-order valence-corrected chi connectivity index (χ4v) is 1.85. The molecule has 0 aliphatic carbocycles. The smallest absolute Gasteiger partial charge is 0.337 e. The summed E-state index contributed by atoms with van der Waals surface area (Å²) >= 11 is 1.56. The average molecular weight is 302 g/mol. The third kappa shape index (κ3) is 5.34. The molecule has 1 heterocycles. The minimum atomic E-state index is -0.751. The summed E-state index contributed by atoms with van der Waals surface area (Å²) in [5.74, 6) is 0.440. The van der Waals surface area contributed by atoms with Crippen LogP contribution in [0.1, 0.15) is 13.3 Å². The number of hydrogen-bond acceptors (Lipinski definition) is 6. The normalized spacial score (nSPS) is 11.7. The topological polar surface area (TPSA) is 135 Å². The molecule has 112 valence electrons. The quantitative estimate of drug-likeness (QED) is 0.531. The molecule has 0 aliphatic rings. The lowest BCUT2D eigenvalue weighted by atomic mass is 10.2. The standard InChI is InChI=1S/C10H18N6O3S/c1-3-19-10-14-9(15-16-10)13-7(17)6(4-5-20-2)12-8(11)18/h6H,3-5H2,1-2H3,(H3,11,12,18)(H2,13,14,15,16,17). The van der Waals surface area contributed by atoms with Crippen molar-refractivity contribution in [2.45, 2.75) is 19.4 Å². The van der Waals surface area contributed by atoms with Gasteiger partial charge in [0, 0.05) is 0 Å². The van der Waals surface area contributed by atoms with Gasteiger partial charge in [-0.15, -0.1) is 5.10 Å². The average Bonchev–Trinajstić information content (AvgIpc) is 2.81. The highest BCUT2D eigenvalue weighted by atomic mass is 32.2. The van der Waals surface area contributed by atoms with Crippen LogP contribution in [0.25, 0.3) is 0 Å².